The van der Waals surface area contributed by atoms with E-state index in [1.807, 2.05) is 13.2 Å². The highest BCUT2D eigenvalue weighted by atomic mass is 15.4. The van der Waals surface area contributed by atoms with E-state index >= 15 is 0 Å². The summed E-state index contributed by atoms with van der Waals surface area (Å²) in [7, 11) is 1.93. The molecule has 1 N–H and O–H groups in total. The molecule has 3 rings (SSSR count). The first-order chi connectivity index (χ1) is 8.79. The molecule has 0 aromatic carbocycles. The minimum absolute atomic E-state index is 0.681. The third kappa shape index (κ3) is 3.29. The maximum Gasteiger partial charge on any atom is 0.0967 e. The van der Waals surface area contributed by atoms with Gasteiger partial charge in [0.1, 0.15) is 0 Å². The van der Waals surface area contributed by atoms with E-state index in [1.54, 1.807) is 4.68 Å². The summed E-state index contributed by atoms with van der Waals surface area (Å²) >= 11 is 0. The topological polar surface area (TPSA) is 46.0 Å². The lowest BCUT2D eigenvalue weighted by molar-refractivity contribution is 0.229. The van der Waals surface area contributed by atoms with Crippen LogP contribution in [-0.2, 0) is 13.6 Å². The number of hydrogen-bond acceptors (Lipinski definition) is 4. The maximum atomic E-state index is 4.21. The molecule has 5 heteroatoms. The van der Waals surface area contributed by atoms with Crippen LogP contribution in [0.15, 0.2) is 6.20 Å². The Kier molecular flexibility index (Phi) is 3.61. The quantitative estimate of drug-likeness (QED) is 0.809. The van der Waals surface area contributed by atoms with E-state index < -0.39 is 0 Å². The molecule has 1 aromatic rings. The third-order valence-corrected chi connectivity index (χ3v) is 3.89. The van der Waals surface area contributed by atoms with Crippen LogP contribution in [0, 0.1) is 5.92 Å². The molecule has 1 atom stereocenters. The molecule has 18 heavy (non-hydrogen) atoms. The number of nitrogens with zero attached hydrogens (tertiary/aromatic N) is 4. The van der Waals surface area contributed by atoms with E-state index in [1.165, 1.54) is 38.8 Å². The number of aromatic nitrogens is 3. The van der Waals surface area contributed by atoms with Gasteiger partial charge in [0.15, 0.2) is 0 Å². The van der Waals surface area contributed by atoms with Crippen LogP contribution in [-0.4, -0.2) is 45.6 Å². The van der Waals surface area contributed by atoms with Crippen molar-refractivity contribution in [2.45, 2.75) is 38.3 Å². The van der Waals surface area contributed by atoms with Crippen LogP contribution in [0.25, 0.3) is 0 Å². The van der Waals surface area contributed by atoms with Crippen molar-refractivity contribution in [3.63, 3.8) is 0 Å². The molecule has 1 saturated heterocycles. The standard InChI is InChI=1S/C13H23N5/c1-17-8-13(15-16-17)10-18(7-11-4-5-11)9-12-3-2-6-14-12/h8,11-12,14H,2-7,9-10H2,1H3. The molecule has 1 aromatic heterocycles. The zero-order chi connectivity index (χ0) is 12.4. The van der Waals surface area contributed by atoms with Crippen molar-refractivity contribution < 1.29 is 0 Å². The molecular formula is C13H23N5. The number of rotatable bonds is 6. The van der Waals surface area contributed by atoms with Gasteiger partial charge in [-0.3, -0.25) is 9.58 Å². The second-order valence-electron chi connectivity index (χ2n) is 5.81. The lowest BCUT2D eigenvalue weighted by Crippen LogP contribution is -2.38. The lowest BCUT2D eigenvalue weighted by atomic mass is 10.2. The van der Waals surface area contributed by atoms with Gasteiger partial charge in [-0.25, -0.2) is 0 Å². The van der Waals surface area contributed by atoms with Gasteiger partial charge in [0.25, 0.3) is 0 Å². The Labute approximate surface area is 109 Å². The average Bonchev–Trinajstić information content (AvgIpc) is 2.84. The molecule has 5 nitrogen and oxygen atoms in total. The smallest absolute Gasteiger partial charge is 0.0967 e. The minimum Gasteiger partial charge on any atom is -0.313 e. The summed E-state index contributed by atoms with van der Waals surface area (Å²) in [6.45, 7) is 4.53. The summed E-state index contributed by atoms with van der Waals surface area (Å²) in [5.41, 5.74) is 1.09. The maximum absolute atomic E-state index is 4.21. The molecule has 100 valence electrons. The second kappa shape index (κ2) is 5.36. The highest BCUT2D eigenvalue weighted by Crippen LogP contribution is 2.30. The Hall–Kier alpha value is -0.940. The van der Waals surface area contributed by atoms with Crippen LogP contribution in [0.2, 0.25) is 0 Å². The number of hydrogen-bond donors (Lipinski definition) is 1. The van der Waals surface area contributed by atoms with E-state index in [9.17, 15) is 0 Å². The molecule has 0 radical (unpaired) electrons. The van der Waals surface area contributed by atoms with Crippen LogP contribution in [0.4, 0.5) is 0 Å². The number of nitrogens with one attached hydrogen (secondary N) is 1. The Morgan fingerprint density at radius 1 is 1.39 bits per heavy atom. The van der Waals surface area contributed by atoms with Gasteiger partial charge >= 0.3 is 0 Å². The van der Waals surface area contributed by atoms with Gasteiger partial charge in [0.2, 0.25) is 0 Å². The van der Waals surface area contributed by atoms with Gasteiger partial charge in [-0.2, -0.15) is 0 Å². The lowest BCUT2D eigenvalue weighted by Gasteiger charge is -2.24. The predicted molar refractivity (Wildman–Crippen MR) is 70.0 cm³/mol. The fourth-order valence-electron chi connectivity index (χ4n) is 2.79. The Bertz CT molecular complexity index is 378. The number of aryl methyl sites for hydroxylation is 1. The molecule has 0 bridgehead atoms. The highest BCUT2D eigenvalue weighted by Gasteiger charge is 2.26. The fraction of sp³-hybridized carbons (Fsp3) is 0.846. The summed E-state index contributed by atoms with van der Waals surface area (Å²) < 4.78 is 1.79. The van der Waals surface area contributed by atoms with Crippen molar-refractivity contribution in [1.29, 1.82) is 0 Å². The first-order valence-corrected chi connectivity index (χ1v) is 7.10. The van der Waals surface area contributed by atoms with Crippen LogP contribution < -0.4 is 5.32 Å². The molecule has 1 unspecified atom stereocenters. The Balaban J connectivity index is 1.57. The van der Waals surface area contributed by atoms with Crippen molar-refractivity contribution in [2.75, 3.05) is 19.6 Å². The molecule has 1 aliphatic heterocycles. The van der Waals surface area contributed by atoms with Crippen molar-refractivity contribution >= 4 is 0 Å². The van der Waals surface area contributed by atoms with Gasteiger partial charge in [0, 0.05) is 38.9 Å². The summed E-state index contributed by atoms with van der Waals surface area (Å²) in [6.07, 6.45) is 7.50. The van der Waals surface area contributed by atoms with E-state index in [0.717, 1.165) is 24.7 Å². The normalized spacial score (nSPS) is 24.0. The van der Waals surface area contributed by atoms with Gasteiger partial charge < -0.3 is 5.32 Å². The molecule has 1 aliphatic carbocycles. The van der Waals surface area contributed by atoms with Crippen LogP contribution in [0.1, 0.15) is 31.4 Å². The van der Waals surface area contributed by atoms with Crippen molar-refractivity contribution in [3.8, 4) is 0 Å². The zero-order valence-electron chi connectivity index (χ0n) is 11.2. The van der Waals surface area contributed by atoms with Crippen molar-refractivity contribution in [1.82, 2.24) is 25.2 Å². The highest BCUT2D eigenvalue weighted by molar-refractivity contribution is 4.93. The van der Waals surface area contributed by atoms with Gasteiger partial charge in [0.05, 0.1) is 5.69 Å². The predicted octanol–water partition coefficient (Wildman–Crippen LogP) is 0.779. The Morgan fingerprint density at radius 3 is 2.89 bits per heavy atom. The summed E-state index contributed by atoms with van der Waals surface area (Å²) in [6, 6.07) is 0.681. The summed E-state index contributed by atoms with van der Waals surface area (Å²) in [5, 5.41) is 11.8. The van der Waals surface area contributed by atoms with Crippen LogP contribution in [0.3, 0.4) is 0 Å². The van der Waals surface area contributed by atoms with Gasteiger partial charge in [-0.15, -0.1) is 5.10 Å². The summed E-state index contributed by atoms with van der Waals surface area (Å²) in [5.74, 6) is 0.933. The third-order valence-electron chi connectivity index (χ3n) is 3.89. The van der Waals surface area contributed by atoms with Crippen molar-refractivity contribution in [3.05, 3.63) is 11.9 Å². The molecule has 2 aliphatic rings. The molecular weight excluding hydrogens is 226 g/mol. The first kappa shape index (κ1) is 12.1. The van der Waals surface area contributed by atoms with E-state index in [4.69, 9.17) is 0 Å². The molecule has 2 heterocycles. The average molecular weight is 249 g/mol. The molecule has 2 fully saturated rings. The largest absolute Gasteiger partial charge is 0.313 e. The van der Waals surface area contributed by atoms with E-state index in [0.29, 0.717) is 6.04 Å². The van der Waals surface area contributed by atoms with E-state index in [2.05, 4.69) is 20.5 Å². The Morgan fingerprint density at radius 2 is 2.28 bits per heavy atom. The van der Waals surface area contributed by atoms with E-state index in [-0.39, 0.29) is 0 Å². The second-order valence-corrected chi connectivity index (χ2v) is 5.81. The van der Waals surface area contributed by atoms with Crippen molar-refractivity contribution in [2.24, 2.45) is 13.0 Å². The molecule has 0 amide bonds. The van der Waals surface area contributed by atoms with Crippen LogP contribution in [0.5, 0.6) is 0 Å². The first-order valence-electron chi connectivity index (χ1n) is 7.10. The van der Waals surface area contributed by atoms with Crippen LogP contribution >= 0.6 is 0 Å². The zero-order valence-corrected chi connectivity index (χ0v) is 11.2. The fourth-order valence-corrected chi connectivity index (χ4v) is 2.79. The van der Waals surface area contributed by atoms with Gasteiger partial charge in [-0.1, -0.05) is 5.21 Å². The van der Waals surface area contributed by atoms with Gasteiger partial charge in [-0.05, 0) is 38.1 Å². The minimum atomic E-state index is 0.681. The summed E-state index contributed by atoms with van der Waals surface area (Å²) in [4.78, 5) is 2.56. The molecule has 0 spiro atoms. The SMILES string of the molecule is Cn1cc(CN(CC2CC2)CC2CCCN2)nn1. The molecule has 1 saturated carbocycles. The monoisotopic (exact) mass is 249 g/mol.